The number of nitrogens with one attached hydrogen (secondary N) is 1. The van der Waals surface area contributed by atoms with E-state index in [2.05, 4.69) is 26.2 Å². The van der Waals surface area contributed by atoms with Crippen molar-refractivity contribution in [3.8, 4) is 5.75 Å². The Hall–Kier alpha value is -1.80. The molecule has 0 saturated carbocycles. The highest BCUT2D eigenvalue weighted by Crippen LogP contribution is 2.37. The Morgan fingerprint density at radius 2 is 2.00 bits per heavy atom. The number of rotatable bonds is 4. The van der Waals surface area contributed by atoms with Gasteiger partial charge in [0.25, 0.3) is 5.91 Å². The van der Waals surface area contributed by atoms with Crippen molar-refractivity contribution < 1.29 is 14.3 Å². The van der Waals surface area contributed by atoms with E-state index in [-0.39, 0.29) is 11.1 Å². The van der Waals surface area contributed by atoms with E-state index < -0.39 is 5.91 Å². The van der Waals surface area contributed by atoms with Crippen LogP contribution in [0, 0.1) is 0 Å². The second-order valence-electron chi connectivity index (χ2n) is 5.74. The molecule has 2 aromatic carbocycles. The molecule has 28 heavy (non-hydrogen) atoms. The first kappa shape index (κ1) is 20.9. The lowest BCUT2D eigenvalue weighted by molar-refractivity contribution is -0.117. The van der Waals surface area contributed by atoms with Crippen LogP contribution in [0.4, 0.5) is 0 Å². The minimum absolute atomic E-state index is 0.231. The van der Waals surface area contributed by atoms with Crippen LogP contribution in [0.25, 0.3) is 6.08 Å². The zero-order valence-corrected chi connectivity index (χ0v) is 18.4. The highest BCUT2D eigenvalue weighted by atomic mass is 79.9. The molecule has 1 N–H and O–H groups in total. The van der Waals surface area contributed by atoms with Gasteiger partial charge in [0.2, 0.25) is 5.91 Å². The average Bonchev–Trinajstić information content (AvgIpc) is 2.94. The molecule has 0 unspecified atom stereocenters. The zero-order valence-electron chi connectivity index (χ0n) is 14.5. The predicted molar refractivity (Wildman–Crippen MR) is 117 cm³/mol. The van der Waals surface area contributed by atoms with Gasteiger partial charge in [0.1, 0.15) is 12.4 Å². The first-order valence-electron chi connectivity index (χ1n) is 7.98. The standard InChI is InChI=1S/C19H13BrCl2N2O3S/c1-10(25)23-19-24-18(26)16(28-19)7-12-6-14(21)8-15(22)17(12)27-9-11-2-4-13(20)5-3-11/h2-8H,9H2,1H3,(H,23,24,25,26)/b16-7+. The molecule has 0 radical (unpaired) electrons. The third kappa shape index (κ3) is 5.38. The summed E-state index contributed by atoms with van der Waals surface area (Å²) in [5.41, 5.74) is 1.50. The molecule has 0 aliphatic carbocycles. The molecule has 5 nitrogen and oxygen atoms in total. The minimum Gasteiger partial charge on any atom is -0.487 e. The van der Waals surface area contributed by atoms with E-state index in [1.165, 1.54) is 6.92 Å². The summed E-state index contributed by atoms with van der Waals surface area (Å²) in [5, 5.41) is 3.47. The number of carbonyl (C=O) groups is 2. The second-order valence-corrected chi connectivity index (χ2v) is 8.53. The molecule has 0 spiro atoms. The number of amides is 2. The minimum atomic E-state index is -0.455. The van der Waals surface area contributed by atoms with Crippen LogP contribution in [0.15, 0.2) is 50.8 Å². The van der Waals surface area contributed by atoms with Gasteiger partial charge in [-0.25, -0.2) is 0 Å². The van der Waals surface area contributed by atoms with Gasteiger partial charge in [-0.3, -0.25) is 9.59 Å². The summed E-state index contributed by atoms with van der Waals surface area (Å²) in [5.74, 6) is -0.351. The molecule has 2 amide bonds. The summed E-state index contributed by atoms with van der Waals surface area (Å²) in [4.78, 5) is 27.4. The fourth-order valence-electron chi connectivity index (χ4n) is 2.33. The number of amidine groups is 1. The molecule has 1 heterocycles. The van der Waals surface area contributed by atoms with Gasteiger partial charge in [-0.2, -0.15) is 4.99 Å². The lowest BCUT2D eigenvalue weighted by atomic mass is 10.1. The third-order valence-corrected chi connectivity index (χ3v) is 5.45. The van der Waals surface area contributed by atoms with Gasteiger partial charge in [-0.1, -0.05) is 51.3 Å². The summed E-state index contributed by atoms with van der Waals surface area (Å²) in [6, 6.07) is 10.9. The maximum atomic E-state index is 12.1. The van der Waals surface area contributed by atoms with Crippen molar-refractivity contribution in [1.82, 2.24) is 5.32 Å². The molecule has 0 saturated heterocycles. The van der Waals surface area contributed by atoms with E-state index in [0.29, 0.717) is 32.9 Å². The normalized spacial score (nSPS) is 14.9. The van der Waals surface area contributed by atoms with E-state index in [4.69, 9.17) is 27.9 Å². The van der Waals surface area contributed by atoms with Crippen LogP contribution < -0.4 is 10.1 Å². The number of halogens is 3. The molecular weight excluding hydrogens is 487 g/mol. The van der Waals surface area contributed by atoms with Crippen molar-refractivity contribution >= 4 is 74.0 Å². The van der Waals surface area contributed by atoms with Crippen LogP contribution in [0.3, 0.4) is 0 Å². The molecular formula is C19H13BrCl2N2O3S. The van der Waals surface area contributed by atoms with Gasteiger partial charge in [0.15, 0.2) is 5.17 Å². The quantitative estimate of drug-likeness (QED) is 0.568. The monoisotopic (exact) mass is 498 g/mol. The Balaban J connectivity index is 1.86. The van der Waals surface area contributed by atoms with E-state index in [0.717, 1.165) is 21.8 Å². The first-order valence-corrected chi connectivity index (χ1v) is 10.3. The van der Waals surface area contributed by atoms with Gasteiger partial charge in [0.05, 0.1) is 9.93 Å². The van der Waals surface area contributed by atoms with E-state index in [1.807, 2.05) is 24.3 Å². The highest BCUT2D eigenvalue weighted by Gasteiger charge is 2.23. The Morgan fingerprint density at radius 1 is 1.29 bits per heavy atom. The fraction of sp³-hybridized carbons (Fsp3) is 0.105. The van der Waals surface area contributed by atoms with Crippen LogP contribution in [-0.4, -0.2) is 17.0 Å². The largest absolute Gasteiger partial charge is 0.487 e. The number of hydrogen-bond donors (Lipinski definition) is 1. The fourth-order valence-corrected chi connectivity index (χ4v) is 4.01. The van der Waals surface area contributed by atoms with Gasteiger partial charge in [-0.05, 0) is 47.7 Å². The Labute approximate surface area is 184 Å². The highest BCUT2D eigenvalue weighted by molar-refractivity contribution is 9.10. The van der Waals surface area contributed by atoms with Crippen molar-refractivity contribution in [3.63, 3.8) is 0 Å². The molecule has 0 fully saturated rings. The molecule has 1 aliphatic heterocycles. The van der Waals surface area contributed by atoms with E-state index >= 15 is 0 Å². The summed E-state index contributed by atoms with van der Waals surface area (Å²) in [6.07, 6.45) is 1.60. The number of carbonyl (C=O) groups excluding carboxylic acids is 2. The summed E-state index contributed by atoms with van der Waals surface area (Å²) in [7, 11) is 0. The number of nitrogens with zero attached hydrogens (tertiary/aromatic N) is 1. The van der Waals surface area contributed by atoms with Gasteiger partial charge in [-0.15, -0.1) is 0 Å². The maximum absolute atomic E-state index is 12.1. The van der Waals surface area contributed by atoms with Crippen molar-refractivity contribution in [1.29, 1.82) is 0 Å². The van der Waals surface area contributed by atoms with Crippen LogP contribution in [0.5, 0.6) is 5.75 Å². The maximum Gasteiger partial charge on any atom is 0.286 e. The summed E-state index contributed by atoms with van der Waals surface area (Å²) >= 11 is 16.9. The molecule has 0 bridgehead atoms. The smallest absolute Gasteiger partial charge is 0.286 e. The van der Waals surface area contributed by atoms with E-state index in [9.17, 15) is 9.59 Å². The van der Waals surface area contributed by atoms with E-state index in [1.54, 1.807) is 18.2 Å². The van der Waals surface area contributed by atoms with Crippen LogP contribution >= 0.6 is 50.9 Å². The molecule has 0 atom stereocenters. The van der Waals surface area contributed by atoms with Crippen molar-refractivity contribution in [2.75, 3.05) is 0 Å². The van der Waals surface area contributed by atoms with Gasteiger partial charge < -0.3 is 10.1 Å². The Kier molecular flexibility index (Phi) is 6.82. The molecule has 144 valence electrons. The molecule has 1 aliphatic rings. The molecule has 2 aromatic rings. The van der Waals surface area contributed by atoms with Crippen LogP contribution in [0.1, 0.15) is 18.1 Å². The van der Waals surface area contributed by atoms with Crippen molar-refractivity contribution in [2.45, 2.75) is 13.5 Å². The molecule has 3 rings (SSSR count). The Morgan fingerprint density at radius 3 is 2.68 bits per heavy atom. The average molecular weight is 500 g/mol. The second kappa shape index (κ2) is 9.13. The van der Waals surface area contributed by atoms with Crippen molar-refractivity contribution in [3.05, 3.63) is 66.9 Å². The topological polar surface area (TPSA) is 67.8 Å². The molecule has 0 aromatic heterocycles. The third-order valence-electron chi connectivity index (χ3n) is 3.52. The lowest BCUT2D eigenvalue weighted by Crippen LogP contribution is -2.23. The lowest BCUT2D eigenvalue weighted by Gasteiger charge is -2.12. The van der Waals surface area contributed by atoms with Gasteiger partial charge >= 0.3 is 0 Å². The number of ether oxygens (including phenoxy) is 1. The first-order chi connectivity index (χ1) is 13.3. The zero-order chi connectivity index (χ0) is 20.3. The summed E-state index contributed by atoms with van der Waals surface area (Å²) < 4.78 is 6.88. The van der Waals surface area contributed by atoms with Crippen LogP contribution in [-0.2, 0) is 16.2 Å². The number of benzene rings is 2. The SMILES string of the molecule is CC(=O)NC1=NC(=O)/C(=C\c2cc(Cl)cc(Cl)c2OCc2ccc(Br)cc2)S1. The predicted octanol–water partition coefficient (Wildman–Crippen LogP) is 5.44. The number of hydrogen-bond acceptors (Lipinski definition) is 4. The van der Waals surface area contributed by atoms with Crippen molar-refractivity contribution in [2.24, 2.45) is 4.99 Å². The Bertz CT molecular complexity index is 1010. The molecule has 9 heteroatoms. The number of aliphatic imine (C=N–C) groups is 1. The summed E-state index contributed by atoms with van der Waals surface area (Å²) in [6.45, 7) is 1.64. The van der Waals surface area contributed by atoms with Crippen LogP contribution in [0.2, 0.25) is 10.0 Å². The van der Waals surface area contributed by atoms with Gasteiger partial charge in [0, 0.05) is 22.0 Å². The number of thioether (sulfide) groups is 1.